The van der Waals surface area contributed by atoms with Crippen molar-refractivity contribution < 1.29 is 29.3 Å². The van der Waals surface area contributed by atoms with Gasteiger partial charge in [0.25, 0.3) is 0 Å². The minimum Gasteiger partial charge on any atom is -0.477 e. The molecule has 0 aromatic heterocycles. The monoisotopic (exact) mass is 505 g/mol. The van der Waals surface area contributed by atoms with Crippen LogP contribution in [-0.2, 0) is 14.3 Å². The fraction of sp³-hybridized carbons (Fsp3) is 0.640. The average Bonchev–Trinajstić information content (AvgIpc) is 3.51. The van der Waals surface area contributed by atoms with Gasteiger partial charge in [-0.25, -0.2) is 9.59 Å². The smallest absolute Gasteiger partial charge is 0.410 e. The second kappa shape index (κ2) is 10.8. The topological polar surface area (TPSA) is 111 Å². The number of carboxylic acids is 1. The lowest BCUT2D eigenvalue weighted by molar-refractivity contribution is -0.163. The van der Waals surface area contributed by atoms with Gasteiger partial charge in [-0.3, -0.25) is 9.69 Å². The average molecular weight is 506 g/mol. The van der Waals surface area contributed by atoms with Gasteiger partial charge in [-0.1, -0.05) is 31.7 Å². The highest BCUT2D eigenvalue weighted by Crippen LogP contribution is 2.52. The fourth-order valence-corrected chi connectivity index (χ4v) is 7.25. The van der Waals surface area contributed by atoms with E-state index >= 15 is 0 Å². The van der Waals surface area contributed by atoms with E-state index < -0.39 is 24.1 Å². The maximum Gasteiger partial charge on any atom is 0.410 e. The Morgan fingerprint density at radius 1 is 1.31 bits per heavy atom. The summed E-state index contributed by atoms with van der Waals surface area (Å²) in [5.74, 6) is -2.27. The van der Waals surface area contributed by atoms with Crippen LogP contribution < -0.4 is 0 Å². The van der Waals surface area contributed by atoms with Crippen LogP contribution in [0.2, 0.25) is 0 Å². The molecule has 0 aromatic rings. The summed E-state index contributed by atoms with van der Waals surface area (Å²) in [6.45, 7) is 10.7. The first-order chi connectivity index (χ1) is 16.7. The number of β-lactam (4-membered cyclic amide) rings is 1. The Kier molecular flexibility index (Phi) is 7.92. The number of aliphatic hydroxyl groups excluding tert-OH is 1. The molecule has 0 aromatic carbocycles. The van der Waals surface area contributed by atoms with E-state index in [0.717, 1.165) is 19.6 Å². The minimum atomic E-state index is -1.14. The minimum absolute atomic E-state index is 0.0169. The van der Waals surface area contributed by atoms with Crippen LogP contribution >= 0.6 is 11.8 Å². The molecule has 0 unspecified atom stereocenters. The molecule has 0 radical (unpaired) electrons. The summed E-state index contributed by atoms with van der Waals surface area (Å²) >= 11 is 1.44. The van der Waals surface area contributed by atoms with Crippen LogP contribution in [0.25, 0.3) is 0 Å². The first kappa shape index (κ1) is 25.8. The molecule has 0 bridgehead atoms. The van der Waals surface area contributed by atoms with Crippen LogP contribution in [0.15, 0.2) is 35.4 Å². The molecular weight excluding hydrogens is 470 g/mol. The number of amides is 2. The number of carboxylic acid groups (broad SMARTS) is 1. The van der Waals surface area contributed by atoms with E-state index in [0.29, 0.717) is 17.9 Å². The molecule has 3 fully saturated rings. The molecule has 192 valence electrons. The largest absolute Gasteiger partial charge is 0.477 e. The zero-order valence-electron chi connectivity index (χ0n) is 20.3. The molecule has 0 aliphatic carbocycles. The summed E-state index contributed by atoms with van der Waals surface area (Å²) < 4.78 is 5.31. The number of hydrogen-bond donors (Lipinski definition) is 2. The number of rotatable bonds is 9. The van der Waals surface area contributed by atoms with Gasteiger partial charge in [0.15, 0.2) is 0 Å². The molecule has 2 N–H and O–H groups in total. The molecule has 0 saturated carbocycles. The standard InChI is InChI=1S/C25H35N3O6S/c1-4-12-34-25(33)27-14-18(13-17(27)8-7-11-26-9-5-6-10-26)35-22-15(2)20-19(16(3)29)23(30)28(20)21(22)24(31)32/h4,7-8,15-20,29H,1,5-6,9-14H2,2-3H3,(H,31,32)/t15-,16-,17-,18+,19-,20-/m1/s1. The number of carbonyl (C=O) groups excluding carboxylic acids is 2. The van der Waals surface area contributed by atoms with E-state index in [2.05, 4.69) is 23.6 Å². The molecule has 35 heavy (non-hydrogen) atoms. The van der Waals surface area contributed by atoms with E-state index in [1.165, 1.54) is 35.6 Å². The van der Waals surface area contributed by atoms with E-state index in [-0.39, 0.29) is 41.5 Å². The molecule has 0 spiro atoms. The van der Waals surface area contributed by atoms with Gasteiger partial charge < -0.3 is 24.7 Å². The van der Waals surface area contributed by atoms with Gasteiger partial charge >= 0.3 is 12.1 Å². The quantitative estimate of drug-likeness (QED) is 0.363. The molecule has 3 saturated heterocycles. The number of nitrogens with zero attached hydrogens (tertiary/aromatic N) is 3. The van der Waals surface area contributed by atoms with E-state index in [4.69, 9.17) is 4.74 Å². The Balaban J connectivity index is 1.50. The van der Waals surface area contributed by atoms with Crippen molar-refractivity contribution in [3.05, 3.63) is 35.4 Å². The summed E-state index contributed by atoms with van der Waals surface area (Å²) in [5.41, 5.74) is 0.0169. The zero-order chi connectivity index (χ0) is 25.3. The Hall–Kier alpha value is -2.30. The zero-order valence-corrected chi connectivity index (χ0v) is 21.2. The van der Waals surface area contributed by atoms with Crippen molar-refractivity contribution in [3.8, 4) is 0 Å². The van der Waals surface area contributed by atoms with Crippen LogP contribution in [0.5, 0.6) is 0 Å². The predicted octanol–water partition coefficient (Wildman–Crippen LogP) is 2.29. The van der Waals surface area contributed by atoms with Gasteiger partial charge in [0.2, 0.25) is 5.91 Å². The van der Waals surface area contributed by atoms with E-state index in [1.807, 2.05) is 6.92 Å². The third kappa shape index (κ3) is 5.01. The second-order valence-electron chi connectivity index (χ2n) is 9.77. The van der Waals surface area contributed by atoms with Gasteiger partial charge in [-0.2, -0.15) is 0 Å². The SMILES string of the molecule is C=CCOC(=O)N1C[C@@H](SC2=C(C(=O)O)N3C(=O)[C@H]([C@@H](C)O)[C@H]3[C@H]2C)C[C@H]1C=CCN1CCCC1. The van der Waals surface area contributed by atoms with Crippen LogP contribution in [0, 0.1) is 11.8 Å². The van der Waals surface area contributed by atoms with Crippen molar-refractivity contribution in [2.24, 2.45) is 11.8 Å². The number of ether oxygens (including phenoxy) is 1. The Morgan fingerprint density at radius 3 is 2.66 bits per heavy atom. The second-order valence-corrected chi connectivity index (χ2v) is 11.1. The van der Waals surface area contributed by atoms with Gasteiger partial charge in [-0.05, 0) is 39.3 Å². The van der Waals surface area contributed by atoms with Crippen LogP contribution in [0.3, 0.4) is 0 Å². The number of carbonyl (C=O) groups is 3. The lowest BCUT2D eigenvalue weighted by Crippen LogP contribution is -2.63. The molecular formula is C25H35N3O6S. The van der Waals surface area contributed by atoms with Crippen LogP contribution in [0.4, 0.5) is 4.79 Å². The summed E-state index contributed by atoms with van der Waals surface area (Å²) in [6, 6.07) is -0.496. The highest BCUT2D eigenvalue weighted by Gasteiger charge is 2.60. The molecule has 4 aliphatic heterocycles. The Morgan fingerprint density at radius 2 is 2.03 bits per heavy atom. The van der Waals surface area contributed by atoms with Crippen LogP contribution in [-0.4, -0.2) is 99.1 Å². The normalized spacial score (nSPS) is 31.7. The van der Waals surface area contributed by atoms with Crippen molar-refractivity contribution >= 4 is 29.7 Å². The maximum atomic E-state index is 12.7. The van der Waals surface area contributed by atoms with E-state index in [9.17, 15) is 24.6 Å². The van der Waals surface area contributed by atoms with Crippen molar-refractivity contribution in [1.29, 1.82) is 0 Å². The number of likely N-dealkylation sites (tertiary alicyclic amines) is 2. The summed E-state index contributed by atoms with van der Waals surface area (Å²) in [6.07, 6.45) is 7.53. The summed E-state index contributed by atoms with van der Waals surface area (Å²) in [7, 11) is 0. The molecule has 6 atom stereocenters. The van der Waals surface area contributed by atoms with Crippen molar-refractivity contribution in [3.63, 3.8) is 0 Å². The van der Waals surface area contributed by atoms with Crippen molar-refractivity contribution in [1.82, 2.24) is 14.7 Å². The molecule has 4 heterocycles. The van der Waals surface area contributed by atoms with Crippen LogP contribution in [0.1, 0.15) is 33.1 Å². The number of hydrogen-bond acceptors (Lipinski definition) is 7. The molecule has 4 rings (SSSR count). The van der Waals surface area contributed by atoms with Gasteiger partial charge in [0.1, 0.15) is 12.3 Å². The summed E-state index contributed by atoms with van der Waals surface area (Å²) in [4.78, 5) is 43.5. The fourth-order valence-electron chi connectivity index (χ4n) is 5.71. The predicted molar refractivity (Wildman–Crippen MR) is 132 cm³/mol. The highest BCUT2D eigenvalue weighted by atomic mass is 32.2. The molecule has 10 heteroatoms. The third-order valence-corrected chi connectivity index (χ3v) is 8.88. The first-order valence-corrected chi connectivity index (χ1v) is 13.2. The number of thioether (sulfide) groups is 1. The molecule has 9 nitrogen and oxygen atoms in total. The lowest BCUT2D eigenvalue weighted by atomic mass is 9.79. The molecule has 2 amide bonds. The van der Waals surface area contributed by atoms with Gasteiger partial charge in [-0.15, -0.1) is 11.8 Å². The Labute approximate surface area is 210 Å². The van der Waals surface area contributed by atoms with Gasteiger partial charge in [0, 0.05) is 29.2 Å². The van der Waals surface area contributed by atoms with Crippen molar-refractivity contribution in [2.45, 2.75) is 56.5 Å². The van der Waals surface area contributed by atoms with Crippen molar-refractivity contribution in [2.75, 3.05) is 32.8 Å². The summed E-state index contributed by atoms with van der Waals surface area (Å²) in [5, 5.41) is 19.9. The number of fused-ring (bicyclic) bond motifs is 1. The first-order valence-electron chi connectivity index (χ1n) is 12.3. The maximum absolute atomic E-state index is 12.7. The third-order valence-electron chi connectivity index (χ3n) is 7.39. The lowest BCUT2D eigenvalue weighted by Gasteiger charge is -2.46. The number of aliphatic hydroxyl groups is 1. The van der Waals surface area contributed by atoms with E-state index in [1.54, 1.807) is 11.8 Å². The Bertz CT molecular complexity index is 928. The van der Waals surface area contributed by atoms with Gasteiger partial charge in [0.05, 0.1) is 24.1 Å². The molecule has 4 aliphatic rings. The number of aliphatic carboxylic acids is 1. The highest BCUT2D eigenvalue weighted by molar-refractivity contribution is 8.03.